The summed E-state index contributed by atoms with van der Waals surface area (Å²) in [5.41, 5.74) is 1.23. The SMILES string of the molecule is CCCc1nc2ccc(Br)cc2c(=O)n1N=Cc1cc(I)c(OCC(=O)OC)c(I)c1. The molecule has 1 aromatic heterocycles. The number of benzene rings is 2. The third kappa shape index (κ3) is 5.83. The van der Waals surface area contributed by atoms with E-state index in [2.05, 4.69) is 75.9 Å². The van der Waals surface area contributed by atoms with Crippen LogP contribution in [0.1, 0.15) is 24.7 Å². The molecule has 0 atom stereocenters. The fraction of sp³-hybridized carbons (Fsp3) is 0.238. The van der Waals surface area contributed by atoms with Gasteiger partial charge in [0.05, 0.1) is 31.4 Å². The van der Waals surface area contributed by atoms with E-state index in [9.17, 15) is 9.59 Å². The maximum atomic E-state index is 13.1. The number of fused-ring (bicyclic) bond motifs is 1. The van der Waals surface area contributed by atoms with Crippen molar-refractivity contribution in [2.75, 3.05) is 13.7 Å². The Hall–Kier alpha value is -1.54. The van der Waals surface area contributed by atoms with Crippen LogP contribution in [-0.2, 0) is 16.0 Å². The highest BCUT2D eigenvalue weighted by molar-refractivity contribution is 14.1. The molecule has 0 fully saturated rings. The number of carbonyl (C=O) groups is 1. The fourth-order valence-corrected chi connectivity index (χ4v) is 5.29. The molecule has 0 aliphatic rings. The number of halogens is 3. The first-order valence-corrected chi connectivity index (χ1v) is 12.2. The van der Waals surface area contributed by atoms with Gasteiger partial charge in [-0.3, -0.25) is 4.79 Å². The lowest BCUT2D eigenvalue weighted by atomic mass is 10.2. The van der Waals surface area contributed by atoms with Crippen molar-refractivity contribution in [2.45, 2.75) is 19.8 Å². The highest BCUT2D eigenvalue weighted by Crippen LogP contribution is 2.28. The molecule has 0 saturated carbocycles. The molecule has 162 valence electrons. The van der Waals surface area contributed by atoms with Crippen molar-refractivity contribution in [1.82, 2.24) is 9.66 Å². The average Bonchev–Trinajstić information content (AvgIpc) is 2.73. The molecule has 0 N–H and O–H groups in total. The molecule has 0 spiro atoms. The Morgan fingerprint density at radius 2 is 1.97 bits per heavy atom. The van der Waals surface area contributed by atoms with Gasteiger partial charge in [0.2, 0.25) is 0 Å². The Balaban J connectivity index is 1.99. The van der Waals surface area contributed by atoms with Crippen LogP contribution < -0.4 is 10.3 Å². The van der Waals surface area contributed by atoms with Gasteiger partial charge in [0.1, 0.15) is 11.6 Å². The maximum absolute atomic E-state index is 13.1. The molecule has 0 saturated heterocycles. The van der Waals surface area contributed by atoms with E-state index in [1.54, 1.807) is 12.3 Å². The number of aromatic nitrogens is 2. The van der Waals surface area contributed by atoms with Gasteiger partial charge in [0, 0.05) is 10.9 Å². The molecule has 0 aliphatic heterocycles. The third-order valence-electron chi connectivity index (χ3n) is 4.25. The second-order valence-electron chi connectivity index (χ2n) is 6.48. The maximum Gasteiger partial charge on any atom is 0.343 e. The topological polar surface area (TPSA) is 82.8 Å². The van der Waals surface area contributed by atoms with Crippen molar-refractivity contribution in [3.63, 3.8) is 0 Å². The lowest BCUT2D eigenvalue weighted by molar-refractivity contribution is -0.142. The van der Waals surface area contributed by atoms with Crippen LogP contribution in [0, 0.1) is 7.14 Å². The molecule has 0 bridgehead atoms. The first-order chi connectivity index (χ1) is 14.8. The first kappa shape index (κ1) is 24.1. The van der Waals surface area contributed by atoms with Gasteiger partial charge in [-0.15, -0.1) is 0 Å². The highest BCUT2D eigenvalue weighted by Gasteiger charge is 2.13. The molecule has 3 aromatic rings. The number of methoxy groups -OCH3 is 1. The van der Waals surface area contributed by atoms with Gasteiger partial charge in [0.25, 0.3) is 5.56 Å². The number of hydrogen-bond acceptors (Lipinski definition) is 6. The summed E-state index contributed by atoms with van der Waals surface area (Å²) in [6.45, 7) is 1.87. The Labute approximate surface area is 214 Å². The lowest BCUT2D eigenvalue weighted by Gasteiger charge is -2.11. The standard InChI is InChI=1S/C21H18BrI2N3O4/c1-3-4-18-26-17-6-5-13(22)9-14(17)21(29)27(18)25-10-12-7-15(23)20(16(24)8-12)31-11-19(28)30-2/h5-10H,3-4,11H2,1-2H3. The van der Waals surface area contributed by atoms with Crippen LogP contribution in [0.15, 0.2) is 44.7 Å². The minimum absolute atomic E-state index is 0.163. The number of ether oxygens (including phenoxy) is 2. The summed E-state index contributed by atoms with van der Waals surface area (Å²) in [6, 6.07) is 9.19. The quantitative estimate of drug-likeness (QED) is 0.201. The van der Waals surface area contributed by atoms with E-state index < -0.39 is 5.97 Å². The number of nitrogens with zero attached hydrogens (tertiary/aromatic N) is 3. The molecule has 0 amide bonds. The zero-order valence-electron chi connectivity index (χ0n) is 16.7. The average molecular weight is 710 g/mol. The number of carbonyl (C=O) groups excluding carboxylic acids is 1. The summed E-state index contributed by atoms with van der Waals surface area (Å²) in [5.74, 6) is 0.765. The molecule has 2 aromatic carbocycles. The largest absolute Gasteiger partial charge is 0.480 e. The third-order valence-corrected chi connectivity index (χ3v) is 6.35. The van der Waals surface area contributed by atoms with Crippen LogP contribution >= 0.6 is 61.1 Å². The van der Waals surface area contributed by atoms with Gasteiger partial charge >= 0.3 is 5.97 Å². The van der Waals surface area contributed by atoms with E-state index in [1.165, 1.54) is 11.8 Å². The zero-order valence-corrected chi connectivity index (χ0v) is 22.6. The second kappa shape index (κ2) is 10.9. The van der Waals surface area contributed by atoms with Crippen LogP contribution in [-0.4, -0.2) is 35.6 Å². The van der Waals surface area contributed by atoms with Crippen molar-refractivity contribution in [3.8, 4) is 5.75 Å². The number of esters is 1. The molecule has 7 nitrogen and oxygen atoms in total. The van der Waals surface area contributed by atoms with Gasteiger partial charge in [-0.05, 0) is 87.5 Å². The van der Waals surface area contributed by atoms with Crippen LogP contribution in [0.3, 0.4) is 0 Å². The highest BCUT2D eigenvalue weighted by atomic mass is 127. The van der Waals surface area contributed by atoms with Crippen molar-refractivity contribution in [1.29, 1.82) is 0 Å². The van der Waals surface area contributed by atoms with E-state index in [-0.39, 0.29) is 12.2 Å². The Bertz CT molecular complexity index is 1200. The summed E-state index contributed by atoms with van der Waals surface area (Å²) < 4.78 is 14.0. The van der Waals surface area contributed by atoms with E-state index in [0.29, 0.717) is 28.9 Å². The van der Waals surface area contributed by atoms with Gasteiger partial charge < -0.3 is 9.47 Å². The Morgan fingerprint density at radius 1 is 1.26 bits per heavy atom. The summed E-state index contributed by atoms with van der Waals surface area (Å²) >= 11 is 7.68. The molecular formula is C21H18BrI2N3O4. The lowest BCUT2D eigenvalue weighted by Crippen LogP contribution is -2.22. The molecule has 10 heteroatoms. The fourth-order valence-electron chi connectivity index (χ4n) is 2.81. The van der Waals surface area contributed by atoms with Crippen molar-refractivity contribution in [3.05, 3.63) is 63.7 Å². The van der Waals surface area contributed by atoms with Crippen molar-refractivity contribution in [2.24, 2.45) is 5.10 Å². The van der Waals surface area contributed by atoms with E-state index in [0.717, 1.165) is 23.6 Å². The zero-order chi connectivity index (χ0) is 22.5. The summed E-state index contributed by atoms with van der Waals surface area (Å²) in [7, 11) is 1.32. The summed E-state index contributed by atoms with van der Waals surface area (Å²) in [5, 5.41) is 4.96. The van der Waals surface area contributed by atoms with E-state index >= 15 is 0 Å². The molecule has 0 radical (unpaired) electrons. The monoisotopic (exact) mass is 709 g/mol. The predicted molar refractivity (Wildman–Crippen MR) is 140 cm³/mol. The molecular weight excluding hydrogens is 692 g/mol. The van der Waals surface area contributed by atoms with Gasteiger partial charge in [-0.25, -0.2) is 9.78 Å². The normalized spacial score (nSPS) is 11.3. The van der Waals surface area contributed by atoms with Gasteiger partial charge in [0.15, 0.2) is 6.61 Å². The molecule has 1 heterocycles. The number of hydrogen-bond donors (Lipinski definition) is 0. The minimum Gasteiger partial charge on any atom is -0.480 e. The molecule has 0 aliphatic carbocycles. The van der Waals surface area contributed by atoms with Crippen molar-refractivity contribution >= 4 is 84.2 Å². The van der Waals surface area contributed by atoms with E-state index in [1.807, 2.05) is 31.2 Å². The minimum atomic E-state index is -0.449. The Morgan fingerprint density at radius 3 is 2.61 bits per heavy atom. The molecule has 31 heavy (non-hydrogen) atoms. The van der Waals surface area contributed by atoms with Crippen LogP contribution in [0.4, 0.5) is 0 Å². The van der Waals surface area contributed by atoms with E-state index in [4.69, 9.17) is 4.74 Å². The molecule has 0 unspecified atom stereocenters. The Kier molecular flexibility index (Phi) is 8.44. The number of rotatable bonds is 7. The van der Waals surface area contributed by atoms with Crippen molar-refractivity contribution < 1.29 is 14.3 Å². The molecule has 3 rings (SSSR count). The first-order valence-electron chi connectivity index (χ1n) is 9.28. The predicted octanol–water partition coefficient (Wildman–Crippen LogP) is 4.75. The van der Waals surface area contributed by atoms with Crippen LogP contribution in [0.2, 0.25) is 0 Å². The number of aryl methyl sites for hydroxylation is 1. The van der Waals surface area contributed by atoms with Crippen LogP contribution in [0.5, 0.6) is 5.75 Å². The smallest absolute Gasteiger partial charge is 0.343 e. The van der Waals surface area contributed by atoms with Gasteiger partial charge in [-0.1, -0.05) is 22.9 Å². The second-order valence-corrected chi connectivity index (χ2v) is 9.72. The van der Waals surface area contributed by atoms with Gasteiger partial charge in [-0.2, -0.15) is 9.78 Å². The summed E-state index contributed by atoms with van der Waals surface area (Å²) in [4.78, 5) is 29.1. The van der Waals surface area contributed by atoms with Crippen LogP contribution in [0.25, 0.3) is 10.9 Å². The summed E-state index contributed by atoms with van der Waals surface area (Å²) in [6.07, 6.45) is 3.10.